The summed E-state index contributed by atoms with van der Waals surface area (Å²) in [5, 5.41) is 2.34. The van der Waals surface area contributed by atoms with Gasteiger partial charge in [-0.25, -0.2) is 8.78 Å². The van der Waals surface area contributed by atoms with Crippen LogP contribution >= 0.6 is 0 Å². The van der Waals surface area contributed by atoms with E-state index in [9.17, 15) is 22.4 Å². The minimum absolute atomic E-state index is 0.0622. The van der Waals surface area contributed by atoms with Crippen molar-refractivity contribution in [2.75, 3.05) is 36.5 Å². The van der Waals surface area contributed by atoms with Crippen molar-refractivity contribution >= 4 is 17.3 Å². The summed E-state index contributed by atoms with van der Waals surface area (Å²) in [6.45, 7) is 0.917. The van der Waals surface area contributed by atoms with Crippen LogP contribution < -0.4 is 10.2 Å². The summed E-state index contributed by atoms with van der Waals surface area (Å²) < 4.78 is 77.2. The van der Waals surface area contributed by atoms with Gasteiger partial charge in [0.15, 0.2) is 5.82 Å². The molecule has 1 saturated heterocycles. The van der Waals surface area contributed by atoms with E-state index in [0.717, 1.165) is 31.7 Å². The first kappa shape index (κ1) is 23.5. The van der Waals surface area contributed by atoms with Gasteiger partial charge in [0.2, 0.25) is 5.91 Å². The normalized spacial score (nSPS) is 17.4. The molecule has 1 saturated carbocycles. The number of carbonyl (C=O) groups is 1. The molecular formula is C24H25F5N2O2. The third-order valence-electron chi connectivity index (χ3n) is 6.23. The lowest BCUT2D eigenvalue weighted by Gasteiger charge is -2.31. The zero-order chi connectivity index (χ0) is 23.6. The molecule has 2 aromatic carbocycles. The van der Waals surface area contributed by atoms with Crippen LogP contribution in [0, 0.1) is 17.6 Å². The highest BCUT2D eigenvalue weighted by Gasteiger charge is 2.41. The lowest BCUT2D eigenvalue weighted by Crippen LogP contribution is -2.37. The maximum Gasteiger partial charge on any atom is 0.421 e. The fourth-order valence-corrected chi connectivity index (χ4v) is 4.63. The molecule has 178 valence electrons. The zero-order valence-corrected chi connectivity index (χ0v) is 18.0. The first-order valence-electron chi connectivity index (χ1n) is 11.1. The summed E-state index contributed by atoms with van der Waals surface area (Å²) in [6, 6.07) is 6.30. The van der Waals surface area contributed by atoms with E-state index in [0.29, 0.717) is 0 Å². The van der Waals surface area contributed by atoms with Gasteiger partial charge in [-0.05, 0) is 42.5 Å². The van der Waals surface area contributed by atoms with Crippen molar-refractivity contribution in [2.24, 2.45) is 5.92 Å². The molecule has 1 aliphatic carbocycles. The molecule has 0 bridgehead atoms. The Labute approximate surface area is 188 Å². The van der Waals surface area contributed by atoms with E-state index >= 15 is 4.39 Å². The fourth-order valence-electron chi connectivity index (χ4n) is 4.63. The average Bonchev–Trinajstić information content (AvgIpc) is 3.26. The quantitative estimate of drug-likeness (QED) is 0.547. The van der Waals surface area contributed by atoms with Crippen molar-refractivity contribution in [1.29, 1.82) is 0 Å². The van der Waals surface area contributed by atoms with Gasteiger partial charge in [0.1, 0.15) is 11.4 Å². The Hall–Kier alpha value is -2.68. The van der Waals surface area contributed by atoms with Gasteiger partial charge < -0.3 is 15.0 Å². The number of halogens is 5. The molecule has 1 N–H and O–H groups in total. The van der Waals surface area contributed by atoms with Crippen LogP contribution in [0.5, 0.6) is 0 Å². The number of amides is 1. The number of carbonyl (C=O) groups excluding carboxylic acids is 1. The molecule has 33 heavy (non-hydrogen) atoms. The van der Waals surface area contributed by atoms with Crippen molar-refractivity contribution in [2.45, 2.75) is 38.3 Å². The second-order valence-electron chi connectivity index (χ2n) is 8.52. The molecule has 1 amide bonds. The summed E-state index contributed by atoms with van der Waals surface area (Å²) in [4.78, 5) is 14.2. The van der Waals surface area contributed by atoms with Gasteiger partial charge in [-0.3, -0.25) is 4.79 Å². The fraction of sp³-hybridized carbons (Fsp3) is 0.458. The van der Waals surface area contributed by atoms with Gasteiger partial charge in [0.05, 0.1) is 24.6 Å². The van der Waals surface area contributed by atoms with Crippen LogP contribution in [0.3, 0.4) is 0 Å². The Bertz CT molecular complexity index is 1010. The molecule has 9 heteroatoms. The van der Waals surface area contributed by atoms with E-state index < -0.39 is 35.0 Å². The first-order chi connectivity index (χ1) is 15.7. The van der Waals surface area contributed by atoms with Crippen LogP contribution in [0.2, 0.25) is 0 Å². The first-order valence-corrected chi connectivity index (χ1v) is 11.1. The van der Waals surface area contributed by atoms with Gasteiger partial charge in [0, 0.05) is 25.1 Å². The molecule has 0 spiro atoms. The number of hydrogen-bond acceptors (Lipinski definition) is 3. The molecule has 4 rings (SSSR count). The summed E-state index contributed by atoms with van der Waals surface area (Å²) in [7, 11) is 0. The van der Waals surface area contributed by atoms with E-state index in [4.69, 9.17) is 4.74 Å². The van der Waals surface area contributed by atoms with Crippen molar-refractivity contribution in [1.82, 2.24) is 0 Å². The van der Waals surface area contributed by atoms with Crippen molar-refractivity contribution in [3.8, 4) is 11.1 Å². The Morgan fingerprint density at radius 3 is 2.42 bits per heavy atom. The predicted molar refractivity (Wildman–Crippen MR) is 115 cm³/mol. The number of hydrogen-bond donors (Lipinski definition) is 1. The number of morpholine rings is 1. The van der Waals surface area contributed by atoms with Crippen molar-refractivity contribution < 1.29 is 31.5 Å². The molecule has 0 radical (unpaired) electrons. The summed E-state index contributed by atoms with van der Waals surface area (Å²) >= 11 is 0. The number of nitrogens with one attached hydrogen (secondary N) is 1. The van der Waals surface area contributed by atoms with E-state index in [1.807, 2.05) is 0 Å². The molecule has 0 unspecified atom stereocenters. The number of nitrogens with zero attached hydrogens (tertiary/aromatic N) is 1. The highest BCUT2D eigenvalue weighted by molar-refractivity contribution is 5.98. The van der Waals surface area contributed by atoms with E-state index in [2.05, 4.69) is 5.32 Å². The molecular weight excluding hydrogens is 443 g/mol. The highest BCUT2D eigenvalue weighted by Crippen LogP contribution is 2.46. The van der Waals surface area contributed by atoms with Crippen LogP contribution in [0.15, 0.2) is 30.3 Å². The molecule has 4 nitrogen and oxygen atoms in total. The van der Waals surface area contributed by atoms with Crippen LogP contribution in [0.4, 0.5) is 33.3 Å². The topological polar surface area (TPSA) is 41.6 Å². The summed E-state index contributed by atoms with van der Waals surface area (Å²) in [5.74, 6) is -2.62. The third-order valence-corrected chi connectivity index (χ3v) is 6.23. The van der Waals surface area contributed by atoms with E-state index in [-0.39, 0.29) is 55.5 Å². The second kappa shape index (κ2) is 9.67. The largest absolute Gasteiger partial charge is 0.421 e. The maximum atomic E-state index is 15.4. The third kappa shape index (κ3) is 5.29. The lowest BCUT2D eigenvalue weighted by molar-refractivity contribution is -0.139. The molecule has 1 heterocycles. The lowest BCUT2D eigenvalue weighted by atomic mass is 9.96. The van der Waals surface area contributed by atoms with E-state index in [1.165, 1.54) is 29.2 Å². The second-order valence-corrected chi connectivity index (χ2v) is 8.52. The average molecular weight is 468 g/mol. The van der Waals surface area contributed by atoms with Crippen LogP contribution in [0.25, 0.3) is 11.1 Å². The molecule has 2 aliphatic rings. The Kier molecular flexibility index (Phi) is 6.88. The predicted octanol–water partition coefficient (Wildman–Crippen LogP) is 6.01. The molecule has 1 aliphatic heterocycles. The Morgan fingerprint density at radius 2 is 1.79 bits per heavy atom. The Balaban J connectivity index is 1.85. The van der Waals surface area contributed by atoms with Gasteiger partial charge in [0.25, 0.3) is 0 Å². The molecule has 2 aromatic rings. The number of alkyl halides is 3. The molecule has 2 fully saturated rings. The van der Waals surface area contributed by atoms with Gasteiger partial charge >= 0.3 is 6.18 Å². The summed E-state index contributed by atoms with van der Waals surface area (Å²) in [5.41, 5.74) is -2.44. The number of anilines is 2. The smallest absolute Gasteiger partial charge is 0.378 e. The standard InChI is InChI=1S/C24H25F5N2O2/c25-17-7-3-6-16(13-17)18-14-19(31-8-10-33-11-9-31)22(26)21(24(27,28)29)23(18)30-20(32)12-15-4-1-2-5-15/h3,6-7,13-15H,1-2,4-5,8-12H2,(H,30,32). The van der Waals surface area contributed by atoms with Gasteiger partial charge in [-0.1, -0.05) is 25.0 Å². The van der Waals surface area contributed by atoms with Crippen LogP contribution in [-0.4, -0.2) is 32.2 Å². The minimum Gasteiger partial charge on any atom is -0.378 e. The van der Waals surface area contributed by atoms with Crippen LogP contribution in [-0.2, 0) is 15.7 Å². The minimum atomic E-state index is -5.08. The number of rotatable bonds is 5. The monoisotopic (exact) mass is 468 g/mol. The Morgan fingerprint density at radius 1 is 1.09 bits per heavy atom. The molecule has 0 aromatic heterocycles. The van der Waals surface area contributed by atoms with Crippen LogP contribution in [0.1, 0.15) is 37.7 Å². The molecule has 0 atom stereocenters. The highest BCUT2D eigenvalue weighted by atomic mass is 19.4. The SMILES string of the molecule is O=C(CC1CCCC1)Nc1c(-c2cccc(F)c2)cc(N2CCOCC2)c(F)c1C(F)(F)F. The van der Waals surface area contributed by atoms with Gasteiger partial charge in [-0.15, -0.1) is 0 Å². The van der Waals surface area contributed by atoms with Gasteiger partial charge in [-0.2, -0.15) is 13.2 Å². The van der Waals surface area contributed by atoms with Crippen molar-refractivity contribution in [3.05, 3.63) is 47.5 Å². The van der Waals surface area contributed by atoms with E-state index in [1.54, 1.807) is 0 Å². The maximum absolute atomic E-state index is 15.4. The number of benzene rings is 2. The number of ether oxygens (including phenoxy) is 1. The van der Waals surface area contributed by atoms with Crippen molar-refractivity contribution in [3.63, 3.8) is 0 Å². The summed E-state index contributed by atoms with van der Waals surface area (Å²) in [6.07, 6.45) is -1.40. The zero-order valence-electron chi connectivity index (χ0n) is 18.0.